The Bertz CT molecular complexity index is 481. The molecule has 2 rings (SSSR count). The molecule has 1 fully saturated rings. The second-order valence-corrected chi connectivity index (χ2v) is 5.83. The predicted molar refractivity (Wildman–Crippen MR) is 48.5 cm³/mol. The van der Waals surface area contributed by atoms with Crippen LogP contribution >= 0.6 is 10.7 Å². The van der Waals surface area contributed by atoms with Gasteiger partial charge in [-0.25, -0.2) is 21.9 Å². The molecule has 0 saturated heterocycles. The van der Waals surface area contributed by atoms with E-state index in [0.29, 0.717) is 0 Å². The summed E-state index contributed by atoms with van der Waals surface area (Å²) in [5.74, 6) is 0. The van der Waals surface area contributed by atoms with Crippen molar-refractivity contribution in [3.63, 3.8) is 0 Å². The van der Waals surface area contributed by atoms with E-state index in [0.717, 1.165) is 23.6 Å². The van der Waals surface area contributed by atoms with Crippen LogP contribution in [0.3, 0.4) is 0 Å². The van der Waals surface area contributed by atoms with Crippen LogP contribution in [-0.4, -0.2) is 18.2 Å². The summed E-state index contributed by atoms with van der Waals surface area (Å²) in [5, 5.41) is 3.20. The molecule has 0 bridgehead atoms. The van der Waals surface area contributed by atoms with Crippen molar-refractivity contribution in [1.29, 1.82) is 0 Å². The van der Waals surface area contributed by atoms with Crippen LogP contribution in [0.5, 0.6) is 0 Å². The Hall–Kier alpha value is -0.690. The lowest BCUT2D eigenvalue weighted by molar-refractivity contribution is 0.145. The molecule has 15 heavy (non-hydrogen) atoms. The Morgan fingerprint density at radius 1 is 1.53 bits per heavy atom. The maximum absolute atomic E-state index is 12.3. The van der Waals surface area contributed by atoms with Crippen molar-refractivity contribution in [2.24, 2.45) is 0 Å². The molecule has 1 aromatic rings. The zero-order chi connectivity index (χ0) is 11.2. The minimum absolute atomic E-state index is 0.110. The zero-order valence-electron chi connectivity index (χ0n) is 7.40. The molecule has 84 valence electrons. The smallest absolute Gasteiger partial charge is 0.249 e. The highest BCUT2D eigenvalue weighted by Crippen LogP contribution is 2.38. The molecule has 1 heterocycles. The second-order valence-electron chi connectivity index (χ2n) is 3.32. The van der Waals surface area contributed by atoms with E-state index in [-0.39, 0.29) is 11.1 Å². The number of aromatic nitrogens is 2. The van der Waals surface area contributed by atoms with Gasteiger partial charge in [0.15, 0.2) is 5.03 Å². The third-order valence-electron chi connectivity index (χ3n) is 2.09. The van der Waals surface area contributed by atoms with Crippen molar-refractivity contribution in [2.45, 2.75) is 30.3 Å². The fourth-order valence-electron chi connectivity index (χ4n) is 1.26. The monoisotopic (exact) mass is 256 g/mol. The summed E-state index contributed by atoms with van der Waals surface area (Å²) >= 11 is 0. The van der Waals surface area contributed by atoms with Gasteiger partial charge in [-0.3, -0.25) is 0 Å². The first kappa shape index (κ1) is 10.8. The molecule has 0 atom stereocenters. The molecule has 0 amide bonds. The number of alkyl halides is 2. The van der Waals surface area contributed by atoms with Gasteiger partial charge >= 0.3 is 0 Å². The number of rotatable bonds is 3. The van der Waals surface area contributed by atoms with Crippen molar-refractivity contribution >= 4 is 19.7 Å². The van der Waals surface area contributed by atoms with Gasteiger partial charge in [-0.15, -0.1) is 0 Å². The summed E-state index contributed by atoms with van der Waals surface area (Å²) in [4.78, 5) is 0. The van der Waals surface area contributed by atoms with E-state index in [9.17, 15) is 17.2 Å². The average molecular weight is 257 g/mol. The summed E-state index contributed by atoms with van der Waals surface area (Å²) in [6, 6.07) is 0.715. The summed E-state index contributed by atoms with van der Waals surface area (Å²) < 4.78 is 47.9. The minimum Gasteiger partial charge on any atom is -0.249 e. The topological polar surface area (TPSA) is 52.0 Å². The van der Waals surface area contributed by atoms with E-state index >= 15 is 0 Å². The van der Waals surface area contributed by atoms with Crippen LogP contribution in [0.25, 0.3) is 0 Å². The molecule has 0 N–H and O–H groups in total. The van der Waals surface area contributed by atoms with Gasteiger partial charge in [0, 0.05) is 16.7 Å². The number of halogens is 3. The predicted octanol–water partition coefficient (Wildman–Crippen LogP) is 2.08. The number of nitrogens with zero attached hydrogens (tertiary/aromatic N) is 2. The fraction of sp³-hybridized carbons (Fsp3) is 0.571. The Morgan fingerprint density at radius 2 is 2.13 bits per heavy atom. The zero-order valence-corrected chi connectivity index (χ0v) is 8.97. The largest absolute Gasteiger partial charge is 0.282 e. The van der Waals surface area contributed by atoms with Crippen LogP contribution in [0.15, 0.2) is 11.1 Å². The van der Waals surface area contributed by atoms with Crippen molar-refractivity contribution in [3.05, 3.63) is 11.8 Å². The highest BCUT2D eigenvalue weighted by molar-refractivity contribution is 8.13. The van der Waals surface area contributed by atoms with Gasteiger partial charge in [0.25, 0.3) is 15.5 Å². The lowest BCUT2D eigenvalue weighted by Crippen LogP contribution is -2.05. The van der Waals surface area contributed by atoms with Gasteiger partial charge < -0.3 is 0 Å². The highest BCUT2D eigenvalue weighted by Gasteiger charge is 2.32. The summed E-state index contributed by atoms with van der Waals surface area (Å²) in [7, 11) is 1.11. The van der Waals surface area contributed by atoms with Crippen LogP contribution in [-0.2, 0) is 9.05 Å². The fourth-order valence-corrected chi connectivity index (χ4v) is 2.29. The second kappa shape index (κ2) is 3.41. The number of hydrogen-bond donors (Lipinski definition) is 0. The molecular weight excluding hydrogens is 250 g/mol. The van der Waals surface area contributed by atoms with Crippen LogP contribution in [0.2, 0.25) is 0 Å². The third kappa shape index (κ3) is 2.12. The van der Waals surface area contributed by atoms with Crippen molar-refractivity contribution in [2.75, 3.05) is 0 Å². The molecule has 1 aliphatic carbocycles. The average Bonchev–Trinajstić information content (AvgIpc) is 2.81. The van der Waals surface area contributed by atoms with E-state index in [1.807, 2.05) is 0 Å². The molecule has 0 aromatic carbocycles. The van der Waals surface area contributed by atoms with Gasteiger partial charge in [-0.2, -0.15) is 5.10 Å². The molecule has 0 unspecified atom stereocenters. The summed E-state index contributed by atoms with van der Waals surface area (Å²) in [6.45, 7) is 0. The third-order valence-corrected chi connectivity index (χ3v) is 3.37. The van der Waals surface area contributed by atoms with Gasteiger partial charge in [-0.1, -0.05) is 0 Å². The van der Waals surface area contributed by atoms with E-state index in [2.05, 4.69) is 5.10 Å². The van der Waals surface area contributed by atoms with Crippen LogP contribution < -0.4 is 0 Å². The van der Waals surface area contributed by atoms with E-state index < -0.39 is 21.2 Å². The quantitative estimate of drug-likeness (QED) is 0.778. The van der Waals surface area contributed by atoms with Gasteiger partial charge in [0.1, 0.15) is 5.69 Å². The van der Waals surface area contributed by atoms with Gasteiger partial charge in [0.05, 0.1) is 6.04 Å². The SMILES string of the molecule is O=S(=O)(Cl)c1cc(C(F)F)nn1C1CC1. The molecule has 8 heteroatoms. The van der Waals surface area contributed by atoms with Crippen molar-refractivity contribution < 1.29 is 17.2 Å². The maximum atomic E-state index is 12.3. The maximum Gasteiger partial charge on any atom is 0.282 e. The van der Waals surface area contributed by atoms with Crippen LogP contribution in [0.4, 0.5) is 8.78 Å². The van der Waals surface area contributed by atoms with E-state index in [1.165, 1.54) is 0 Å². The molecule has 0 radical (unpaired) electrons. The molecule has 1 aliphatic rings. The molecule has 0 spiro atoms. The first-order chi connectivity index (χ1) is 6.89. The first-order valence-corrected chi connectivity index (χ1v) is 6.53. The Kier molecular flexibility index (Phi) is 2.46. The highest BCUT2D eigenvalue weighted by atomic mass is 35.7. The van der Waals surface area contributed by atoms with Crippen molar-refractivity contribution in [3.8, 4) is 0 Å². The Morgan fingerprint density at radius 3 is 2.53 bits per heavy atom. The standard InChI is InChI=1S/C7H7ClF2N2O2S/c8-15(13,14)6-3-5(7(9)10)11-12(6)4-1-2-4/h3-4,7H,1-2H2. The van der Waals surface area contributed by atoms with E-state index in [1.54, 1.807) is 0 Å². The molecule has 1 aromatic heterocycles. The van der Waals surface area contributed by atoms with Crippen LogP contribution in [0, 0.1) is 0 Å². The van der Waals surface area contributed by atoms with Crippen LogP contribution in [0.1, 0.15) is 31.0 Å². The molecule has 1 saturated carbocycles. The van der Waals surface area contributed by atoms with Gasteiger partial charge in [-0.05, 0) is 12.8 Å². The Balaban J connectivity index is 2.51. The minimum atomic E-state index is -4.01. The number of hydrogen-bond acceptors (Lipinski definition) is 3. The lowest BCUT2D eigenvalue weighted by Gasteiger charge is -2.00. The summed E-state index contributed by atoms with van der Waals surface area (Å²) in [6.07, 6.45) is -1.31. The first-order valence-electron chi connectivity index (χ1n) is 4.22. The normalized spacial score (nSPS) is 17.3. The lowest BCUT2D eigenvalue weighted by atomic mass is 10.5. The Labute approximate surface area is 89.3 Å². The molecule has 4 nitrogen and oxygen atoms in total. The van der Waals surface area contributed by atoms with Crippen molar-refractivity contribution in [1.82, 2.24) is 9.78 Å². The summed E-state index contributed by atoms with van der Waals surface area (Å²) in [5.41, 5.74) is -0.555. The molecule has 0 aliphatic heterocycles. The molecular formula is C7H7ClF2N2O2S. The van der Waals surface area contributed by atoms with Gasteiger partial charge in [0.2, 0.25) is 0 Å². The van der Waals surface area contributed by atoms with E-state index in [4.69, 9.17) is 10.7 Å².